The van der Waals surface area contributed by atoms with Crippen molar-refractivity contribution in [3.05, 3.63) is 167 Å². The number of rotatable bonds is 5. The van der Waals surface area contributed by atoms with Crippen molar-refractivity contribution in [1.29, 1.82) is 0 Å². The second-order valence-electron chi connectivity index (χ2n) is 13.5. The predicted octanol–water partition coefficient (Wildman–Crippen LogP) is 8.86. The first-order valence-corrected chi connectivity index (χ1v) is 17.4. The fraction of sp³-hybridized carbons (Fsp3) is 0.116. The van der Waals surface area contributed by atoms with Crippen molar-refractivity contribution in [3.63, 3.8) is 0 Å². The molecule has 11 rings (SSSR count). The Kier molecular flexibility index (Phi) is 5.91. The summed E-state index contributed by atoms with van der Waals surface area (Å²) in [7, 11) is 0. The van der Waals surface area contributed by atoms with Crippen LogP contribution in [0, 0.1) is 0 Å². The summed E-state index contributed by atoms with van der Waals surface area (Å²) >= 11 is 0. The number of benzene rings is 5. The fourth-order valence-electron chi connectivity index (χ4n) is 8.58. The molecule has 3 aliphatic heterocycles. The molecule has 1 unspecified atom stereocenters. The van der Waals surface area contributed by atoms with Crippen LogP contribution >= 0.6 is 0 Å². The molecule has 7 heteroatoms. The van der Waals surface area contributed by atoms with Crippen molar-refractivity contribution >= 4 is 44.4 Å². The first kappa shape index (κ1) is 27.7. The molecule has 3 aliphatic rings. The van der Waals surface area contributed by atoms with Gasteiger partial charge in [-0.2, -0.15) is 5.10 Å². The van der Waals surface area contributed by atoms with Crippen LogP contribution in [0.25, 0.3) is 33.3 Å². The van der Waals surface area contributed by atoms with E-state index in [4.69, 9.17) is 10.1 Å². The minimum Gasteiger partial charge on any atom is -0.347 e. The fourth-order valence-corrected chi connectivity index (χ4v) is 8.58. The van der Waals surface area contributed by atoms with Crippen molar-refractivity contribution in [3.8, 4) is 11.6 Å². The van der Waals surface area contributed by atoms with Gasteiger partial charge in [-0.05, 0) is 46.9 Å². The number of fused-ring (bicyclic) bond motifs is 5. The molecule has 50 heavy (non-hydrogen) atoms. The van der Waals surface area contributed by atoms with Crippen LogP contribution in [-0.4, -0.2) is 31.6 Å². The summed E-state index contributed by atoms with van der Waals surface area (Å²) in [6, 6.07) is 43.4. The van der Waals surface area contributed by atoms with Gasteiger partial charge in [-0.3, -0.25) is 9.56 Å². The molecule has 0 saturated heterocycles. The average Bonchev–Trinajstić information content (AvgIpc) is 4.01. The van der Waals surface area contributed by atoms with Gasteiger partial charge in [0.05, 0.1) is 40.5 Å². The number of para-hydroxylation sites is 3. The number of nitrogens with one attached hydrogen (secondary N) is 2. The Morgan fingerprint density at radius 3 is 2.40 bits per heavy atom. The van der Waals surface area contributed by atoms with E-state index in [1.165, 1.54) is 39.2 Å². The van der Waals surface area contributed by atoms with Gasteiger partial charge in [0.1, 0.15) is 11.6 Å². The number of aliphatic imine (C=N–C) groups is 1. The van der Waals surface area contributed by atoms with E-state index < -0.39 is 0 Å². The molecule has 0 aliphatic carbocycles. The number of H-pyrrole nitrogens is 1. The molecule has 8 aromatic rings. The van der Waals surface area contributed by atoms with E-state index in [0.717, 1.165) is 76.3 Å². The Labute approximate surface area is 289 Å². The molecule has 0 fully saturated rings. The molecule has 7 nitrogen and oxygen atoms in total. The number of nitrogens with zero attached hydrogens (tertiary/aromatic N) is 5. The van der Waals surface area contributed by atoms with Gasteiger partial charge >= 0.3 is 0 Å². The first-order valence-electron chi connectivity index (χ1n) is 17.4. The zero-order valence-corrected chi connectivity index (χ0v) is 27.3. The summed E-state index contributed by atoms with van der Waals surface area (Å²) in [5.74, 6) is 2.02. The lowest BCUT2D eigenvalue weighted by molar-refractivity contribution is 0.657. The molecule has 0 saturated carbocycles. The maximum absolute atomic E-state index is 5.43. The highest BCUT2D eigenvalue weighted by Gasteiger charge is 2.41. The predicted molar refractivity (Wildman–Crippen MR) is 201 cm³/mol. The molecule has 0 radical (unpaired) electrons. The van der Waals surface area contributed by atoms with Gasteiger partial charge in [0.2, 0.25) is 0 Å². The highest BCUT2D eigenvalue weighted by atomic mass is 15.4. The van der Waals surface area contributed by atoms with Crippen LogP contribution in [-0.2, 0) is 19.4 Å². The third kappa shape index (κ3) is 3.95. The molecule has 3 aromatic heterocycles. The van der Waals surface area contributed by atoms with Gasteiger partial charge in [0.25, 0.3) is 0 Å². The van der Waals surface area contributed by atoms with Crippen LogP contribution in [0.5, 0.6) is 0 Å². The lowest BCUT2D eigenvalue weighted by Gasteiger charge is -2.25. The average molecular weight is 648 g/mol. The molecule has 240 valence electrons. The van der Waals surface area contributed by atoms with Gasteiger partial charge in [-0.25, -0.2) is 4.68 Å². The number of aromatic nitrogens is 4. The molecule has 0 bridgehead atoms. The zero-order valence-electron chi connectivity index (χ0n) is 27.3. The summed E-state index contributed by atoms with van der Waals surface area (Å²) in [6.07, 6.45) is 5.84. The van der Waals surface area contributed by atoms with Gasteiger partial charge in [0.15, 0.2) is 0 Å². The van der Waals surface area contributed by atoms with E-state index in [-0.39, 0.29) is 6.04 Å². The second-order valence-corrected chi connectivity index (χ2v) is 13.5. The van der Waals surface area contributed by atoms with E-state index in [9.17, 15) is 0 Å². The van der Waals surface area contributed by atoms with Crippen LogP contribution in [0.1, 0.15) is 39.6 Å². The molecule has 1 atom stereocenters. The largest absolute Gasteiger partial charge is 0.347 e. The van der Waals surface area contributed by atoms with Crippen LogP contribution in [0.4, 0.5) is 17.1 Å². The minimum absolute atomic E-state index is 0.0717. The van der Waals surface area contributed by atoms with Crippen molar-refractivity contribution < 1.29 is 0 Å². The van der Waals surface area contributed by atoms with Gasteiger partial charge in [-0.15, -0.1) is 0 Å². The van der Waals surface area contributed by atoms with Crippen LogP contribution in [0.2, 0.25) is 0 Å². The molecule has 0 spiro atoms. The van der Waals surface area contributed by atoms with Crippen molar-refractivity contribution in [1.82, 2.24) is 24.6 Å². The molecular formula is C43H33N7. The molecule has 5 aromatic carbocycles. The molecule has 2 N–H and O–H groups in total. The number of hydrogen-bond acceptors (Lipinski definition) is 4. The van der Waals surface area contributed by atoms with Crippen molar-refractivity contribution in [2.75, 3.05) is 11.4 Å². The summed E-state index contributed by atoms with van der Waals surface area (Å²) in [6.45, 7) is 1.68. The summed E-state index contributed by atoms with van der Waals surface area (Å²) < 4.78 is 4.61. The molecule has 6 heterocycles. The summed E-state index contributed by atoms with van der Waals surface area (Å²) in [5.41, 5.74) is 13.1. The lowest BCUT2D eigenvalue weighted by atomic mass is 9.96. The monoisotopic (exact) mass is 647 g/mol. The SMILES string of the molecule is c1ccc2c(c1)CC(c1c(N3CCc4ccccc43)c(C3NCc4ccccc43)c(-n3ncc4ccccc43)n1-c1[nH]cc3ccccc13)=N2. The van der Waals surface area contributed by atoms with Gasteiger partial charge in [0, 0.05) is 53.1 Å². The number of hydrogen-bond donors (Lipinski definition) is 2. The van der Waals surface area contributed by atoms with Crippen LogP contribution in [0.15, 0.2) is 139 Å². The first-order chi connectivity index (χ1) is 24.8. The highest BCUT2D eigenvalue weighted by molar-refractivity contribution is 6.12. The van der Waals surface area contributed by atoms with E-state index in [2.05, 4.69) is 152 Å². The zero-order chi connectivity index (χ0) is 32.8. The second kappa shape index (κ2) is 10.7. The standard InChI is InChI=1S/C43H33N7/c1-6-16-32-29(13-1)24-44-39(32)38-41(48-22-21-27-11-4-9-19-36(27)48)40(35-23-28-12-3-8-18-34(28)47-35)49(42-33-17-7-2-14-30(33)25-45-42)43(38)50-37-20-10-5-15-31(37)26-46-50/h1-20,25-26,39,44-45H,21-24H2. The Balaban J connectivity index is 1.33. The van der Waals surface area contributed by atoms with Crippen molar-refractivity contribution in [2.45, 2.75) is 25.4 Å². The molecule has 0 amide bonds. The maximum atomic E-state index is 5.43. The topological polar surface area (TPSA) is 66.2 Å². The van der Waals surface area contributed by atoms with Gasteiger partial charge < -0.3 is 15.2 Å². The third-order valence-electron chi connectivity index (χ3n) is 10.8. The minimum atomic E-state index is -0.0717. The number of aromatic amines is 1. The van der Waals surface area contributed by atoms with E-state index in [0.29, 0.717) is 0 Å². The highest BCUT2D eigenvalue weighted by Crippen LogP contribution is 2.50. The Hall–Kier alpha value is -6.18. The maximum Gasteiger partial charge on any atom is 0.148 e. The van der Waals surface area contributed by atoms with Crippen LogP contribution < -0.4 is 10.2 Å². The Morgan fingerprint density at radius 2 is 1.48 bits per heavy atom. The van der Waals surface area contributed by atoms with Crippen LogP contribution in [0.3, 0.4) is 0 Å². The smallest absolute Gasteiger partial charge is 0.148 e. The van der Waals surface area contributed by atoms with E-state index in [1.807, 2.05) is 6.20 Å². The van der Waals surface area contributed by atoms with E-state index in [1.54, 1.807) is 0 Å². The quantitative estimate of drug-likeness (QED) is 0.196. The third-order valence-corrected chi connectivity index (χ3v) is 10.8. The molecular weight excluding hydrogens is 615 g/mol. The number of anilines is 2. The summed E-state index contributed by atoms with van der Waals surface area (Å²) in [4.78, 5) is 11.7. The van der Waals surface area contributed by atoms with E-state index >= 15 is 0 Å². The Morgan fingerprint density at radius 1 is 0.720 bits per heavy atom. The Bertz CT molecular complexity index is 2670. The summed E-state index contributed by atoms with van der Waals surface area (Å²) in [5, 5.41) is 12.6. The lowest BCUT2D eigenvalue weighted by Crippen LogP contribution is -2.22. The van der Waals surface area contributed by atoms with Crippen molar-refractivity contribution in [2.24, 2.45) is 4.99 Å². The normalized spacial score (nSPS) is 16.3. The van der Waals surface area contributed by atoms with Gasteiger partial charge in [-0.1, -0.05) is 103 Å².